The number of hydrogen-bond acceptors (Lipinski definition) is 4. The smallest absolute Gasteiger partial charge is 0.308 e. The van der Waals surface area contributed by atoms with Gasteiger partial charge < -0.3 is 10.4 Å². The van der Waals surface area contributed by atoms with Crippen LogP contribution < -0.4 is 5.32 Å². The molecule has 1 heterocycles. The van der Waals surface area contributed by atoms with E-state index in [1.807, 2.05) is 0 Å². The fourth-order valence-corrected chi connectivity index (χ4v) is 1.76. The van der Waals surface area contributed by atoms with Gasteiger partial charge >= 0.3 is 5.97 Å². The van der Waals surface area contributed by atoms with E-state index in [-0.39, 0.29) is 12.0 Å². The first-order chi connectivity index (χ1) is 7.27. The topological polar surface area (TPSA) is 80.0 Å². The summed E-state index contributed by atoms with van der Waals surface area (Å²) in [6, 6.07) is 0.131. The molecule has 15 heavy (non-hydrogen) atoms. The van der Waals surface area contributed by atoms with Crippen molar-refractivity contribution in [3.05, 3.63) is 12.4 Å². The summed E-state index contributed by atoms with van der Waals surface area (Å²) in [5.41, 5.74) is 0. The molecule has 2 unspecified atom stereocenters. The van der Waals surface area contributed by atoms with Gasteiger partial charge in [0.25, 0.3) is 0 Å². The minimum atomic E-state index is -0.695. The number of rotatable bonds is 5. The molecule has 0 aliphatic heterocycles. The Morgan fingerprint density at radius 3 is 3.00 bits per heavy atom. The molecular formula is C9H14N4O2. The van der Waals surface area contributed by atoms with Crippen LogP contribution in [0.3, 0.4) is 0 Å². The van der Waals surface area contributed by atoms with E-state index < -0.39 is 5.97 Å². The maximum Gasteiger partial charge on any atom is 0.308 e. The van der Waals surface area contributed by atoms with Crippen molar-refractivity contribution >= 4 is 5.97 Å². The Hall–Kier alpha value is -1.43. The summed E-state index contributed by atoms with van der Waals surface area (Å²) in [6.07, 6.45) is 5.16. The van der Waals surface area contributed by atoms with E-state index in [0.29, 0.717) is 0 Å². The van der Waals surface area contributed by atoms with Gasteiger partial charge in [0.15, 0.2) is 0 Å². The van der Waals surface area contributed by atoms with Crippen molar-refractivity contribution in [3.63, 3.8) is 0 Å². The summed E-state index contributed by atoms with van der Waals surface area (Å²) in [7, 11) is 0. The number of nitrogens with zero attached hydrogens (tertiary/aromatic N) is 3. The molecule has 1 aromatic heterocycles. The van der Waals surface area contributed by atoms with Gasteiger partial charge in [-0.3, -0.25) is 9.48 Å². The Morgan fingerprint density at radius 1 is 1.60 bits per heavy atom. The molecule has 1 saturated carbocycles. The molecule has 2 atom stereocenters. The highest BCUT2D eigenvalue weighted by Gasteiger charge is 2.35. The third kappa shape index (κ3) is 2.33. The Balaban J connectivity index is 1.68. The Labute approximate surface area is 87.3 Å². The Kier molecular flexibility index (Phi) is 2.96. The summed E-state index contributed by atoms with van der Waals surface area (Å²) in [5.74, 6) is -0.903. The first kappa shape index (κ1) is 10.1. The van der Waals surface area contributed by atoms with Crippen molar-refractivity contribution in [3.8, 4) is 0 Å². The molecule has 1 aliphatic rings. The molecule has 2 rings (SSSR count). The van der Waals surface area contributed by atoms with Gasteiger partial charge in [-0.25, -0.2) is 0 Å². The van der Waals surface area contributed by atoms with Crippen LogP contribution in [-0.4, -0.2) is 38.7 Å². The third-order valence-electron chi connectivity index (χ3n) is 2.81. The van der Waals surface area contributed by atoms with E-state index in [0.717, 1.165) is 25.9 Å². The van der Waals surface area contributed by atoms with Crippen molar-refractivity contribution in [2.45, 2.75) is 25.4 Å². The average molecular weight is 210 g/mol. The lowest BCUT2D eigenvalue weighted by Crippen LogP contribution is -2.48. The van der Waals surface area contributed by atoms with Crippen LogP contribution >= 0.6 is 0 Å². The van der Waals surface area contributed by atoms with E-state index in [9.17, 15) is 4.79 Å². The molecule has 2 N–H and O–H groups in total. The van der Waals surface area contributed by atoms with E-state index in [2.05, 4.69) is 15.6 Å². The monoisotopic (exact) mass is 210 g/mol. The van der Waals surface area contributed by atoms with E-state index >= 15 is 0 Å². The van der Waals surface area contributed by atoms with Crippen LogP contribution in [0.5, 0.6) is 0 Å². The molecule has 0 aromatic carbocycles. The highest BCUT2D eigenvalue weighted by Crippen LogP contribution is 2.27. The molecule has 0 spiro atoms. The third-order valence-corrected chi connectivity index (χ3v) is 2.81. The summed E-state index contributed by atoms with van der Waals surface area (Å²) < 4.78 is 1.72. The normalized spacial score (nSPS) is 24.8. The number of carbonyl (C=O) groups is 1. The summed E-state index contributed by atoms with van der Waals surface area (Å²) in [5, 5.41) is 19.5. The predicted molar refractivity (Wildman–Crippen MR) is 52.2 cm³/mol. The van der Waals surface area contributed by atoms with Crippen molar-refractivity contribution < 1.29 is 9.90 Å². The van der Waals surface area contributed by atoms with E-state index in [1.54, 1.807) is 17.1 Å². The lowest BCUT2D eigenvalue weighted by atomic mass is 9.79. The highest BCUT2D eigenvalue weighted by molar-refractivity contribution is 5.72. The zero-order chi connectivity index (χ0) is 10.7. The number of aromatic nitrogens is 3. The number of nitrogens with one attached hydrogen (secondary N) is 1. The molecule has 0 bridgehead atoms. The first-order valence-electron chi connectivity index (χ1n) is 5.07. The average Bonchev–Trinajstić information content (AvgIpc) is 2.61. The zero-order valence-corrected chi connectivity index (χ0v) is 8.33. The van der Waals surface area contributed by atoms with E-state index in [1.165, 1.54) is 0 Å². The molecule has 1 aliphatic carbocycles. The van der Waals surface area contributed by atoms with Crippen LogP contribution in [0.4, 0.5) is 0 Å². The minimum Gasteiger partial charge on any atom is -0.481 e. The number of carboxylic acids is 1. The second-order valence-electron chi connectivity index (χ2n) is 3.75. The van der Waals surface area contributed by atoms with Crippen LogP contribution in [0.15, 0.2) is 12.4 Å². The highest BCUT2D eigenvalue weighted by atomic mass is 16.4. The van der Waals surface area contributed by atoms with Crippen molar-refractivity contribution in [1.29, 1.82) is 0 Å². The van der Waals surface area contributed by atoms with Crippen molar-refractivity contribution in [2.75, 3.05) is 6.54 Å². The summed E-state index contributed by atoms with van der Waals surface area (Å²) in [4.78, 5) is 10.7. The van der Waals surface area contributed by atoms with Gasteiger partial charge in [-0.1, -0.05) is 5.21 Å². The van der Waals surface area contributed by atoms with Crippen LogP contribution in [-0.2, 0) is 11.3 Å². The van der Waals surface area contributed by atoms with Crippen molar-refractivity contribution in [1.82, 2.24) is 20.3 Å². The lowest BCUT2D eigenvalue weighted by Gasteiger charge is -2.34. The molecule has 0 amide bonds. The molecule has 1 fully saturated rings. The van der Waals surface area contributed by atoms with Gasteiger partial charge in [0.05, 0.1) is 18.7 Å². The Morgan fingerprint density at radius 2 is 2.47 bits per heavy atom. The van der Waals surface area contributed by atoms with Crippen molar-refractivity contribution in [2.24, 2.45) is 5.92 Å². The molecule has 1 aromatic rings. The van der Waals surface area contributed by atoms with Gasteiger partial charge in [-0.2, -0.15) is 0 Å². The standard InChI is InChI=1S/C9H14N4O2/c14-9(15)7-1-2-8(7)10-3-5-13-6-4-11-12-13/h4,6-8,10H,1-3,5H2,(H,14,15). The van der Waals surface area contributed by atoms with Crippen LogP contribution in [0.1, 0.15) is 12.8 Å². The Bertz CT molecular complexity index is 325. The molecule has 0 saturated heterocycles. The fourth-order valence-electron chi connectivity index (χ4n) is 1.76. The molecule has 82 valence electrons. The van der Waals surface area contributed by atoms with Gasteiger partial charge in [-0.15, -0.1) is 5.10 Å². The lowest BCUT2D eigenvalue weighted by molar-refractivity contribution is -0.146. The summed E-state index contributed by atoms with van der Waals surface area (Å²) in [6.45, 7) is 1.46. The van der Waals surface area contributed by atoms with Gasteiger partial charge in [-0.05, 0) is 12.8 Å². The fraction of sp³-hybridized carbons (Fsp3) is 0.667. The van der Waals surface area contributed by atoms with E-state index in [4.69, 9.17) is 5.11 Å². The minimum absolute atomic E-state index is 0.131. The second-order valence-corrected chi connectivity index (χ2v) is 3.75. The molecular weight excluding hydrogens is 196 g/mol. The second kappa shape index (κ2) is 4.39. The quantitative estimate of drug-likeness (QED) is 0.699. The van der Waals surface area contributed by atoms with Crippen LogP contribution in [0.25, 0.3) is 0 Å². The molecule has 6 heteroatoms. The van der Waals surface area contributed by atoms with Crippen LogP contribution in [0.2, 0.25) is 0 Å². The number of aliphatic carboxylic acids is 1. The van der Waals surface area contributed by atoms with Gasteiger partial charge in [0.1, 0.15) is 0 Å². The maximum atomic E-state index is 10.7. The van der Waals surface area contributed by atoms with Crippen LogP contribution in [0, 0.1) is 5.92 Å². The van der Waals surface area contributed by atoms with Gasteiger partial charge in [0, 0.05) is 18.8 Å². The SMILES string of the molecule is O=C(O)C1CCC1NCCn1ccnn1. The maximum absolute atomic E-state index is 10.7. The molecule has 6 nitrogen and oxygen atoms in total. The summed E-state index contributed by atoms with van der Waals surface area (Å²) >= 11 is 0. The largest absolute Gasteiger partial charge is 0.481 e. The number of hydrogen-bond donors (Lipinski definition) is 2. The number of carboxylic acid groups (broad SMARTS) is 1. The molecule has 0 radical (unpaired) electrons. The zero-order valence-electron chi connectivity index (χ0n) is 8.33. The first-order valence-corrected chi connectivity index (χ1v) is 5.07. The van der Waals surface area contributed by atoms with Gasteiger partial charge in [0.2, 0.25) is 0 Å². The predicted octanol–water partition coefficient (Wildman–Crippen LogP) is -0.269.